The minimum absolute atomic E-state index is 0.141. The van der Waals surface area contributed by atoms with Crippen LogP contribution in [0.3, 0.4) is 0 Å². The lowest BCUT2D eigenvalue weighted by atomic mass is 9.99. The van der Waals surface area contributed by atoms with Gasteiger partial charge in [-0.3, -0.25) is 9.78 Å². The molecule has 0 aliphatic carbocycles. The molecule has 34 heavy (non-hydrogen) atoms. The first-order valence-corrected chi connectivity index (χ1v) is 12.0. The minimum atomic E-state index is -0.248. The minimum Gasteiger partial charge on any atom is -0.494 e. The molecule has 2 unspecified atom stereocenters. The van der Waals surface area contributed by atoms with Crippen molar-refractivity contribution in [2.24, 2.45) is 0 Å². The molecule has 0 fully saturated rings. The first-order valence-electron chi connectivity index (χ1n) is 12.0. The quantitative estimate of drug-likeness (QED) is 0.301. The maximum atomic E-state index is 12.7. The summed E-state index contributed by atoms with van der Waals surface area (Å²) in [4.78, 5) is 21.5. The summed E-state index contributed by atoms with van der Waals surface area (Å²) < 4.78 is 8.18. The molecule has 2 atom stereocenters. The third kappa shape index (κ3) is 5.45. The van der Waals surface area contributed by atoms with Crippen LogP contribution in [0.25, 0.3) is 11.0 Å². The lowest BCUT2D eigenvalue weighted by Gasteiger charge is -2.17. The summed E-state index contributed by atoms with van der Waals surface area (Å²) in [7, 11) is 0. The van der Waals surface area contributed by atoms with E-state index in [-0.39, 0.29) is 11.9 Å². The van der Waals surface area contributed by atoms with Crippen LogP contribution in [0.15, 0.2) is 73.1 Å². The summed E-state index contributed by atoms with van der Waals surface area (Å²) in [5.41, 5.74) is 3.90. The van der Waals surface area contributed by atoms with Gasteiger partial charge in [0.2, 0.25) is 0 Å². The molecule has 0 saturated carbocycles. The van der Waals surface area contributed by atoms with Crippen molar-refractivity contribution in [3.05, 3.63) is 90.0 Å². The van der Waals surface area contributed by atoms with Crippen molar-refractivity contribution in [2.45, 2.75) is 52.1 Å². The van der Waals surface area contributed by atoms with Crippen LogP contribution in [0.5, 0.6) is 5.75 Å². The van der Waals surface area contributed by atoms with Crippen molar-refractivity contribution in [3.8, 4) is 5.75 Å². The first-order chi connectivity index (χ1) is 16.6. The molecule has 2 aromatic carbocycles. The lowest BCUT2D eigenvalue weighted by molar-refractivity contribution is 0.0937. The first kappa shape index (κ1) is 23.5. The summed E-state index contributed by atoms with van der Waals surface area (Å²) in [5.74, 6) is 2.14. The standard InChI is InChI=1S/C28H32N4O2/c1-4-20(2)22-10-12-24(13-11-22)34-19-7-18-32-26-9-6-5-8-25(26)31-27(32)21(3)30-28(33)23-14-16-29-17-15-23/h5-6,8-17,20-21H,4,7,18-19H2,1-3H3,(H,30,33). The number of imidazole rings is 1. The molecule has 6 heteroatoms. The maximum absolute atomic E-state index is 12.7. The molecule has 0 saturated heterocycles. The van der Waals surface area contributed by atoms with Crippen LogP contribution in [0.1, 0.15) is 67.3 Å². The number of amides is 1. The number of ether oxygens (including phenoxy) is 1. The Labute approximate surface area is 201 Å². The topological polar surface area (TPSA) is 69.0 Å². The van der Waals surface area contributed by atoms with Gasteiger partial charge in [0.15, 0.2) is 0 Å². The second-order valence-corrected chi connectivity index (χ2v) is 8.62. The number of para-hydroxylation sites is 2. The van der Waals surface area contributed by atoms with E-state index in [9.17, 15) is 4.79 Å². The van der Waals surface area contributed by atoms with Crippen molar-refractivity contribution in [2.75, 3.05) is 6.61 Å². The highest BCUT2D eigenvalue weighted by atomic mass is 16.5. The van der Waals surface area contributed by atoms with Gasteiger partial charge >= 0.3 is 0 Å². The summed E-state index contributed by atoms with van der Waals surface area (Å²) in [5, 5.41) is 3.07. The van der Waals surface area contributed by atoms with Crippen molar-refractivity contribution in [1.82, 2.24) is 19.9 Å². The highest BCUT2D eigenvalue weighted by molar-refractivity contribution is 5.94. The number of hydrogen-bond acceptors (Lipinski definition) is 4. The van der Waals surface area contributed by atoms with Gasteiger partial charge in [-0.1, -0.05) is 38.1 Å². The fraction of sp³-hybridized carbons (Fsp3) is 0.321. The zero-order valence-corrected chi connectivity index (χ0v) is 20.1. The summed E-state index contributed by atoms with van der Waals surface area (Å²) in [6, 6.07) is 19.6. The van der Waals surface area contributed by atoms with Gasteiger partial charge in [-0.2, -0.15) is 0 Å². The third-order valence-corrected chi connectivity index (χ3v) is 6.22. The Morgan fingerprint density at radius 2 is 1.76 bits per heavy atom. The summed E-state index contributed by atoms with van der Waals surface area (Å²) in [6.45, 7) is 7.76. The second-order valence-electron chi connectivity index (χ2n) is 8.62. The van der Waals surface area contributed by atoms with Gasteiger partial charge in [0.25, 0.3) is 5.91 Å². The molecular formula is C28H32N4O2. The number of aromatic nitrogens is 3. The van der Waals surface area contributed by atoms with Gasteiger partial charge < -0.3 is 14.6 Å². The Morgan fingerprint density at radius 1 is 1.03 bits per heavy atom. The number of carbonyl (C=O) groups is 1. The highest BCUT2D eigenvalue weighted by Gasteiger charge is 2.19. The van der Waals surface area contributed by atoms with E-state index in [0.717, 1.165) is 42.0 Å². The number of hydrogen-bond donors (Lipinski definition) is 1. The maximum Gasteiger partial charge on any atom is 0.251 e. The predicted molar refractivity (Wildman–Crippen MR) is 135 cm³/mol. The van der Waals surface area contributed by atoms with Crippen LogP contribution in [0.2, 0.25) is 0 Å². The number of benzene rings is 2. The van der Waals surface area contributed by atoms with E-state index in [2.05, 4.69) is 59.0 Å². The van der Waals surface area contributed by atoms with Gasteiger partial charge in [-0.15, -0.1) is 0 Å². The van der Waals surface area contributed by atoms with E-state index >= 15 is 0 Å². The predicted octanol–water partition coefficient (Wildman–Crippen LogP) is 5.90. The normalized spacial score (nSPS) is 12.9. The molecule has 0 aliphatic heterocycles. The molecule has 1 amide bonds. The van der Waals surface area contributed by atoms with Gasteiger partial charge in [0.1, 0.15) is 11.6 Å². The van der Waals surface area contributed by atoms with E-state index in [4.69, 9.17) is 9.72 Å². The monoisotopic (exact) mass is 456 g/mol. The molecule has 0 bridgehead atoms. The largest absolute Gasteiger partial charge is 0.494 e. The molecule has 176 valence electrons. The van der Waals surface area contributed by atoms with E-state index in [1.807, 2.05) is 25.1 Å². The van der Waals surface area contributed by atoms with Crippen LogP contribution in [-0.2, 0) is 6.54 Å². The number of carbonyl (C=O) groups excluding carboxylic acids is 1. The molecule has 0 aliphatic rings. The molecule has 0 spiro atoms. The van der Waals surface area contributed by atoms with Crippen LogP contribution >= 0.6 is 0 Å². The molecule has 2 heterocycles. The smallest absolute Gasteiger partial charge is 0.251 e. The second kappa shape index (κ2) is 11.0. The van der Waals surface area contributed by atoms with Crippen LogP contribution < -0.4 is 10.1 Å². The number of aryl methyl sites for hydroxylation is 1. The third-order valence-electron chi connectivity index (χ3n) is 6.22. The van der Waals surface area contributed by atoms with Crippen molar-refractivity contribution < 1.29 is 9.53 Å². The number of nitrogens with one attached hydrogen (secondary N) is 1. The number of rotatable bonds is 10. The number of pyridine rings is 1. The van der Waals surface area contributed by atoms with Crippen LogP contribution in [0, 0.1) is 0 Å². The van der Waals surface area contributed by atoms with Gasteiger partial charge in [-0.25, -0.2) is 4.98 Å². The number of nitrogens with zero attached hydrogens (tertiary/aromatic N) is 3. The molecular weight excluding hydrogens is 424 g/mol. The zero-order valence-electron chi connectivity index (χ0n) is 20.1. The Hall–Kier alpha value is -3.67. The SMILES string of the molecule is CCC(C)c1ccc(OCCCn2c(C(C)NC(=O)c3ccncc3)nc3ccccc32)cc1. The average molecular weight is 457 g/mol. The van der Waals surface area contributed by atoms with E-state index in [0.29, 0.717) is 18.1 Å². The Balaban J connectivity index is 1.42. The molecule has 4 aromatic rings. The van der Waals surface area contributed by atoms with Crippen LogP contribution in [-0.4, -0.2) is 27.0 Å². The molecule has 6 nitrogen and oxygen atoms in total. The Morgan fingerprint density at radius 3 is 2.50 bits per heavy atom. The molecule has 0 radical (unpaired) electrons. The molecule has 2 aromatic heterocycles. The Kier molecular flexibility index (Phi) is 7.58. The number of fused-ring (bicyclic) bond motifs is 1. The highest BCUT2D eigenvalue weighted by Crippen LogP contribution is 2.23. The van der Waals surface area contributed by atoms with E-state index < -0.39 is 0 Å². The fourth-order valence-electron chi connectivity index (χ4n) is 4.05. The van der Waals surface area contributed by atoms with Crippen molar-refractivity contribution in [3.63, 3.8) is 0 Å². The fourth-order valence-corrected chi connectivity index (χ4v) is 4.05. The van der Waals surface area contributed by atoms with E-state index in [1.165, 1.54) is 5.56 Å². The van der Waals surface area contributed by atoms with Crippen molar-refractivity contribution in [1.29, 1.82) is 0 Å². The lowest BCUT2D eigenvalue weighted by Crippen LogP contribution is -2.28. The van der Waals surface area contributed by atoms with Crippen molar-refractivity contribution >= 4 is 16.9 Å². The summed E-state index contributed by atoms with van der Waals surface area (Å²) >= 11 is 0. The molecule has 1 N–H and O–H groups in total. The van der Waals surface area contributed by atoms with E-state index in [1.54, 1.807) is 24.5 Å². The van der Waals surface area contributed by atoms with Gasteiger partial charge in [-0.05, 0) is 67.6 Å². The zero-order chi connectivity index (χ0) is 23.9. The summed E-state index contributed by atoms with van der Waals surface area (Å²) in [6.07, 6.45) is 5.19. The Bertz CT molecular complexity index is 1220. The average Bonchev–Trinajstić information content (AvgIpc) is 3.25. The van der Waals surface area contributed by atoms with Gasteiger partial charge in [0.05, 0.1) is 23.7 Å². The van der Waals surface area contributed by atoms with Crippen LogP contribution in [0.4, 0.5) is 0 Å². The molecule has 4 rings (SSSR count). The van der Waals surface area contributed by atoms with Gasteiger partial charge in [0, 0.05) is 24.5 Å².